The Morgan fingerprint density at radius 1 is 1.06 bits per heavy atom. The fourth-order valence-electron chi connectivity index (χ4n) is 3.86. The van der Waals surface area contributed by atoms with E-state index < -0.39 is 10.0 Å². The van der Waals surface area contributed by atoms with Crippen LogP contribution in [-0.2, 0) is 20.8 Å². The van der Waals surface area contributed by atoms with Gasteiger partial charge in [-0.15, -0.1) is 0 Å². The maximum Gasteiger partial charge on any atom is 0.256 e. The van der Waals surface area contributed by atoms with Crippen molar-refractivity contribution in [3.8, 4) is 16.9 Å². The molecule has 0 saturated heterocycles. The van der Waals surface area contributed by atoms with Gasteiger partial charge in [-0.25, -0.2) is 8.42 Å². The zero-order chi connectivity index (χ0) is 26.0. The van der Waals surface area contributed by atoms with E-state index in [0.717, 1.165) is 45.5 Å². The number of hydrogen-bond donors (Lipinski definition) is 2. The highest BCUT2D eigenvalue weighted by Gasteiger charge is 2.23. The van der Waals surface area contributed by atoms with E-state index in [4.69, 9.17) is 4.74 Å². The summed E-state index contributed by atoms with van der Waals surface area (Å²) >= 11 is 3.50. The number of rotatable bonds is 7. The number of H-pyrrole nitrogens is 1. The van der Waals surface area contributed by atoms with Crippen LogP contribution in [0, 0.1) is 6.92 Å². The lowest BCUT2D eigenvalue weighted by Crippen LogP contribution is -2.15. The maximum atomic E-state index is 12.7. The van der Waals surface area contributed by atoms with Gasteiger partial charge in [0, 0.05) is 33.4 Å². The highest BCUT2D eigenvalue weighted by Crippen LogP contribution is 2.38. The first-order valence-electron chi connectivity index (χ1n) is 11.1. The summed E-state index contributed by atoms with van der Waals surface area (Å²) in [6, 6.07) is 13.1. The van der Waals surface area contributed by atoms with Gasteiger partial charge in [-0.2, -0.15) is 0 Å². The van der Waals surface area contributed by atoms with Crippen LogP contribution in [0.4, 0.5) is 5.69 Å². The molecule has 0 aliphatic carbocycles. The Bertz CT molecular complexity index is 1430. The van der Waals surface area contributed by atoms with Crippen LogP contribution < -0.4 is 15.0 Å². The van der Waals surface area contributed by atoms with Crippen molar-refractivity contribution in [2.75, 3.05) is 18.1 Å². The number of pyridine rings is 1. The van der Waals surface area contributed by atoms with Crippen molar-refractivity contribution in [2.45, 2.75) is 38.4 Å². The Morgan fingerprint density at radius 3 is 2.31 bits per heavy atom. The minimum Gasteiger partial charge on any atom is -0.496 e. The maximum absolute atomic E-state index is 12.7. The fourth-order valence-corrected chi connectivity index (χ4v) is 4.90. The van der Waals surface area contributed by atoms with Crippen LogP contribution >= 0.6 is 15.9 Å². The van der Waals surface area contributed by atoms with Gasteiger partial charge in [0.15, 0.2) is 0 Å². The molecule has 1 aromatic heterocycles. The Labute approximate surface area is 215 Å². The second-order valence-electron chi connectivity index (χ2n) is 9.54. The Balaban J connectivity index is 2.16. The molecule has 0 aliphatic heterocycles. The molecule has 0 saturated carbocycles. The van der Waals surface area contributed by atoms with Crippen LogP contribution in [0.1, 0.15) is 48.7 Å². The quantitative estimate of drug-likeness (QED) is 0.271. The zero-order valence-corrected chi connectivity index (χ0v) is 23.2. The van der Waals surface area contributed by atoms with Gasteiger partial charge in [-0.3, -0.25) is 9.52 Å². The highest BCUT2D eigenvalue weighted by atomic mass is 79.9. The van der Waals surface area contributed by atoms with Crippen LogP contribution in [0.25, 0.3) is 23.3 Å². The number of aromatic nitrogens is 1. The number of hydrogen-bond acceptors (Lipinski definition) is 4. The first-order valence-corrected chi connectivity index (χ1v) is 14.1. The van der Waals surface area contributed by atoms with Gasteiger partial charge >= 0.3 is 0 Å². The van der Waals surface area contributed by atoms with E-state index in [2.05, 4.69) is 46.4 Å². The van der Waals surface area contributed by atoms with Crippen molar-refractivity contribution >= 4 is 43.8 Å². The summed E-state index contributed by atoms with van der Waals surface area (Å²) in [5.41, 5.74) is 6.05. The third-order valence-electron chi connectivity index (χ3n) is 5.53. The molecule has 0 atom stereocenters. The van der Waals surface area contributed by atoms with E-state index >= 15 is 0 Å². The third-order valence-corrected chi connectivity index (χ3v) is 6.74. The molecule has 0 amide bonds. The largest absolute Gasteiger partial charge is 0.496 e. The summed E-state index contributed by atoms with van der Waals surface area (Å²) in [6.07, 6.45) is 5.05. The Hall–Kier alpha value is -2.84. The number of benzene rings is 2. The third kappa shape index (κ3) is 6.64. The summed E-state index contributed by atoms with van der Waals surface area (Å²) in [5, 5.41) is 0.551. The lowest BCUT2D eigenvalue weighted by atomic mass is 9.83. The average Bonchev–Trinajstić information content (AvgIpc) is 2.75. The van der Waals surface area contributed by atoms with Gasteiger partial charge in [0.2, 0.25) is 10.0 Å². The van der Waals surface area contributed by atoms with E-state index in [-0.39, 0.29) is 11.0 Å². The number of aryl methyl sites for hydroxylation is 1. The van der Waals surface area contributed by atoms with E-state index in [1.54, 1.807) is 19.2 Å². The number of halogens is 1. The summed E-state index contributed by atoms with van der Waals surface area (Å²) in [4.78, 5) is 15.6. The molecule has 1 heterocycles. The summed E-state index contributed by atoms with van der Waals surface area (Å²) in [6.45, 7) is 8.18. The van der Waals surface area contributed by atoms with E-state index in [0.29, 0.717) is 16.6 Å². The molecule has 2 N–H and O–H groups in total. The molecule has 8 heteroatoms. The number of sulfonamides is 1. The van der Waals surface area contributed by atoms with Crippen LogP contribution in [0.2, 0.25) is 0 Å². The number of anilines is 1. The van der Waals surface area contributed by atoms with Crippen LogP contribution in [0.5, 0.6) is 5.75 Å². The molecule has 2 aromatic carbocycles. The molecule has 35 heavy (non-hydrogen) atoms. The van der Waals surface area contributed by atoms with Crippen molar-refractivity contribution in [3.63, 3.8) is 0 Å². The molecule has 0 unspecified atom stereocenters. The SMILES string of the molecule is COc1c(C=Cc2ccc(NS(C)(=O)=O)cc2CBr)cc(-c2ccc(C)[nH]c2=O)cc1C(C)(C)C. The van der Waals surface area contributed by atoms with E-state index in [1.807, 2.05) is 49.4 Å². The van der Waals surface area contributed by atoms with Crippen LogP contribution in [-0.4, -0.2) is 26.8 Å². The monoisotopic (exact) mass is 558 g/mol. The molecule has 3 aromatic rings. The molecule has 6 nitrogen and oxygen atoms in total. The van der Waals surface area contributed by atoms with E-state index in [9.17, 15) is 13.2 Å². The summed E-state index contributed by atoms with van der Waals surface area (Å²) in [5.74, 6) is 0.747. The van der Waals surface area contributed by atoms with Gasteiger partial charge in [0.05, 0.1) is 13.4 Å². The summed E-state index contributed by atoms with van der Waals surface area (Å²) in [7, 11) is -1.71. The standard InChI is InChI=1S/C27H31BrN2O4S/c1-17-7-12-23(26(31)29-17)20-13-19(25(34-5)24(15-20)27(2,3)4)9-8-18-10-11-22(14-21(18)16-28)30-35(6,32)33/h7-15,30H,16H2,1-6H3,(H,29,31). The number of aromatic amines is 1. The molecule has 3 rings (SSSR count). The van der Waals surface area contributed by atoms with Gasteiger partial charge in [-0.1, -0.05) is 54.9 Å². The first kappa shape index (κ1) is 26.8. The van der Waals surface area contributed by atoms with Crippen LogP contribution in [0.15, 0.2) is 47.3 Å². The van der Waals surface area contributed by atoms with E-state index in [1.165, 1.54) is 0 Å². The first-order chi connectivity index (χ1) is 16.3. The number of ether oxygens (including phenoxy) is 1. The smallest absolute Gasteiger partial charge is 0.256 e. The highest BCUT2D eigenvalue weighted by molar-refractivity contribution is 9.08. The normalized spacial score (nSPS) is 12.2. The topological polar surface area (TPSA) is 88.3 Å². The van der Waals surface area contributed by atoms with Crippen LogP contribution in [0.3, 0.4) is 0 Å². The predicted molar refractivity (Wildman–Crippen MR) is 149 cm³/mol. The van der Waals surface area contributed by atoms with Gasteiger partial charge in [0.1, 0.15) is 5.75 Å². The fraction of sp³-hybridized carbons (Fsp3) is 0.296. The molecule has 0 spiro atoms. The van der Waals surface area contributed by atoms with Gasteiger partial charge in [0.25, 0.3) is 5.56 Å². The van der Waals surface area contributed by atoms with Crippen molar-refractivity contribution < 1.29 is 13.2 Å². The average molecular weight is 560 g/mol. The zero-order valence-electron chi connectivity index (χ0n) is 20.8. The van der Waals surface area contributed by atoms with Gasteiger partial charge in [-0.05, 0) is 65.4 Å². The Morgan fingerprint density at radius 2 is 1.74 bits per heavy atom. The lowest BCUT2D eigenvalue weighted by molar-refractivity contribution is 0.397. The van der Waals surface area contributed by atoms with Gasteiger partial charge < -0.3 is 9.72 Å². The lowest BCUT2D eigenvalue weighted by Gasteiger charge is -2.24. The summed E-state index contributed by atoms with van der Waals surface area (Å²) < 4.78 is 31.5. The Kier molecular flexibility index (Phi) is 7.97. The molecular weight excluding hydrogens is 528 g/mol. The molecule has 0 bridgehead atoms. The number of methoxy groups -OCH3 is 1. The number of alkyl halides is 1. The second kappa shape index (κ2) is 10.4. The van der Waals surface area contributed by atoms with Crippen molar-refractivity contribution in [1.82, 2.24) is 4.98 Å². The second-order valence-corrected chi connectivity index (χ2v) is 11.8. The minimum atomic E-state index is -3.36. The molecular formula is C27H31BrN2O4S. The molecule has 0 aliphatic rings. The molecule has 186 valence electrons. The minimum absolute atomic E-state index is 0.138. The van der Waals surface area contributed by atoms with Crippen molar-refractivity contribution in [3.05, 3.63) is 80.8 Å². The predicted octanol–water partition coefficient (Wildman–Crippen LogP) is 6.09. The van der Waals surface area contributed by atoms with Crippen molar-refractivity contribution in [2.24, 2.45) is 0 Å². The number of nitrogens with one attached hydrogen (secondary N) is 2. The van der Waals surface area contributed by atoms with Crippen molar-refractivity contribution in [1.29, 1.82) is 0 Å². The molecule has 0 fully saturated rings. The molecule has 0 radical (unpaired) electrons.